The molecular formula is C25H24N2O2. The first-order valence-corrected chi connectivity index (χ1v) is 9.88. The summed E-state index contributed by atoms with van der Waals surface area (Å²) in [6, 6.07) is 21.1. The van der Waals surface area contributed by atoms with Crippen LogP contribution in [0.5, 0.6) is 0 Å². The van der Waals surface area contributed by atoms with Gasteiger partial charge in [-0.05, 0) is 60.7 Å². The third-order valence-electron chi connectivity index (χ3n) is 5.47. The summed E-state index contributed by atoms with van der Waals surface area (Å²) in [6.07, 6.45) is 2.25. The van der Waals surface area contributed by atoms with E-state index < -0.39 is 0 Å². The van der Waals surface area contributed by atoms with Crippen molar-refractivity contribution in [2.24, 2.45) is 0 Å². The first-order valence-electron chi connectivity index (χ1n) is 9.88. The number of nitrogens with one attached hydrogen (secondary N) is 1. The van der Waals surface area contributed by atoms with Gasteiger partial charge in [0.05, 0.1) is 0 Å². The van der Waals surface area contributed by atoms with E-state index >= 15 is 0 Å². The number of benzene rings is 3. The highest BCUT2D eigenvalue weighted by atomic mass is 16.1. The van der Waals surface area contributed by atoms with Gasteiger partial charge in [-0.15, -0.1) is 0 Å². The zero-order valence-corrected chi connectivity index (χ0v) is 16.7. The monoisotopic (exact) mass is 384 g/mol. The van der Waals surface area contributed by atoms with Crippen LogP contribution < -0.4 is 10.2 Å². The molecule has 0 atom stereocenters. The molecule has 4 rings (SSSR count). The van der Waals surface area contributed by atoms with Gasteiger partial charge in [0.25, 0.3) is 5.91 Å². The molecule has 0 bridgehead atoms. The van der Waals surface area contributed by atoms with E-state index in [-0.39, 0.29) is 11.7 Å². The van der Waals surface area contributed by atoms with Crippen molar-refractivity contribution in [1.29, 1.82) is 0 Å². The summed E-state index contributed by atoms with van der Waals surface area (Å²) in [5, 5.41) is 3.00. The molecule has 1 aliphatic heterocycles. The molecule has 146 valence electrons. The average Bonchev–Trinajstić information content (AvgIpc) is 2.74. The van der Waals surface area contributed by atoms with Crippen LogP contribution in [0.4, 0.5) is 11.4 Å². The molecule has 0 aromatic heterocycles. The second-order valence-electron chi connectivity index (χ2n) is 7.53. The van der Waals surface area contributed by atoms with Gasteiger partial charge < -0.3 is 10.2 Å². The lowest BCUT2D eigenvalue weighted by atomic mass is 10.0. The van der Waals surface area contributed by atoms with Crippen LogP contribution in [0.15, 0.2) is 66.7 Å². The van der Waals surface area contributed by atoms with Crippen molar-refractivity contribution in [1.82, 2.24) is 0 Å². The molecule has 0 spiro atoms. The van der Waals surface area contributed by atoms with E-state index in [0.717, 1.165) is 29.8 Å². The number of hydrogen-bond donors (Lipinski definition) is 1. The molecule has 0 unspecified atom stereocenters. The largest absolute Gasteiger partial charge is 0.374 e. The lowest BCUT2D eigenvalue weighted by molar-refractivity contribution is 0.101. The van der Waals surface area contributed by atoms with Gasteiger partial charge in [0.1, 0.15) is 0 Å². The highest BCUT2D eigenvalue weighted by Gasteiger charge is 2.15. The average molecular weight is 384 g/mol. The van der Waals surface area contributed by atoms with Crippen LogP contribution in [-0.4, -0.2) is 25.3 Å². The summed E-state index contributed by atoms with van der Waals surface area (Å²) in [5.41, 5.74) is 6.66. The maximum atomic E-state index is 12.7. The molecule has 0 radical (unpaired) electrons. The van der Waals surface area contributed by atoms with Crippen molar-refractivity contribution < 1.29 is 9.59 Å². The molecule has 3 aromatic rings. The number of anilines is 2. The van der Waals surface area contributed by atoms with Gasteiger partial charge in [-0.3, -0.25) is 9.59 Å². The van der Waals surface area contributed by atoms with Crippen LogP contribution in [0.25, 0.3) is 11.1 Å². The van der Waals surface area contributed by atoms with Crippen molar-refractivity contribution in [2.75, 3.05) is 23.8 Å². The Kier molecular flexibility index (Phi) is 5.17. The molecule has 1 aliphatic rings. The number of aryl methyl sites for hydroxylation is 1. The summed E-state index contributed by atoms with van der Waals surface area (Å²) in [4.78, 5) is 26.3. The molecular weight excluding hydrogens is 360 g/mol. The smallest absolute Gasteiger partial charge is 0.255 e. The van der Waals surface area contributed by atoms with Crippen LogP contribution in [0.3, 0.4) is 0 Å². The second-order valence-corrected chi connectivity index (χ2v) is 7.53. The minimum atomic E-state index is -0.123. The summed E-state index contributed by atoms with van der Waals surface area (Å²) in [7, 11) is 2.09. The fourth-order valence-electron chi connectivity index (χ4n) is 3.75. The third kappa shape index (κ3) is 4.06. The number of rotatable bonds is 4. The number of fused-ring (bicyclic) bond motifs is 1. The molecule has 1 amide bonds. The Morgan fingerprint density at radius 1 is 0.862 bits per heavy atom. The normalized spacial score (nSPS) is 13.0. The van der Waals surface area contributed by atoms with Gasteiger partial charge in [0.2, 0.25) is 0 Å². The molecule has 29 heavy (non-hydrogen) atoms. The minimum Gasteiger partial charge on any atom is -0.374 e. The minimum absolute atomic E-state index is 0.0527. The number of nitrogens with zero attached hydrogens (tertiary/aromatic N) is 1. The summed E-state index contributed by atoms with van der Waals surface area (Å²) in [6.45, 7) is 2.60. The fraction of sp³-hybridized carbons (Fsp3) is 0.200. The Labute approximate surface area is 171 Å². The third-order valence-corrected chi connectivity index (χ3v) is 5.47. The predicted molar refractivity (Wildman–Crippen MR) is 118 cm³/mol. The predicted octanol–water partition coefficient (Wildman–Crippen LogP) is 5.19. The molecule has 1 N–H and O–H groups in total. The van der Waals surface area contributed by atoms with E-state index in [0.29, 0.717) is 11.1 Å². The van der Waals surface area contributed by atoms with Crippen molar-refractivity contribution in [3.05, 3.63) is 83.4 Å². The van der Waals surface area contributed by atoms with Crippen LogP contribution in [0.1, 0.15) is 39.6 Å². The Hall–Kier alpha value is -3.40. The number of hydrogen-bond acceptors (Lipinski definition) is 3. The lowest BCUT2D eigenvalue weighted by Gasteiger charge is -2.28. The highest BCUT2D eigenvalue weighted by molar-refractivity contribution is 6.04. The molecule has 1 heterocycles. The fourth-order valence-corrected chi connectivity index (χ4v) is 3.75. The van der Waals surface area contributed by atoms with Crippen molar-refractivity contribution in [3.8, 4) is 11.1 Å². The first-order chi connectivity index (χ1) is 14.0. The Morgan fingerprint density at radius 2 is 1.48 bits per heavy atom. The topological polar surface area (TPSA) is 49.4 Å². The zero-order valence-electron chi connectivity index (χ0n) is 16.7. The van der Waals surface area contributed by atoms with E-state index in [1.54, 1.807) is 6.92 Å². The van der Waals surface area contributed by atoms with Crippen molar-refractivity contribution in [3.63, 3.8) is 0 Å². The molecule has 4 nitrogen and oxygen atoms in total. The van der Waals surface area contributed by atoms with E-state index in [2.05, 4.69) is 29.4 Å². The molecule has 0 aliphatic carbocycles. The molecule has 4 heteroatoms. The van der Waals surface area contributed by atoms with E-state index in [4.69, 9.17) is 0 Å². The number of carbonyl (C=O) groups is 2. The SMILES string of the molecule is CC(=O)c1ccc(-c2ccc(C(=O)Nc3ccc4c(c3)N(C)CCC4)cc2)cc1. The van der Waals surface area contributed by atoms with Gasteiger partial charge in [-0.1, -0.05) is 42.5 Å². The Morgan fingerprint density at radius 3 is 2.10 bits per heavy atom. The van der Waals surface area contributed by atoms with Gasteiger partial charge >= 0.3 is 0 Å². The number of carbonyl (C=O) groups excluding carboxylic acids is 2. The summed E-state index contributed by atoms with van der Waals surface area (Å²) in [5.74, 6) is -0.0705. The summed E-state index contributed by atoms with van der Waals surface area (Å²) < 4.78 is 0. The van der Waals surface area contributed by atoms with Gasteiger partial charge in [-0.25, -0.2) is 0 Å². The first kappa shape index (κ1) is 18.9. The van der Waals surface area contributed by atoms with E-state index in [9.17, 15) is 9.59 Å². The van der Waals surface area contributed by atoms with E-state index in [1.807, 2.05) is 54.6 Å². The van der Waals surface area contributed by atoms with Crippen LogP contribution in [-0.2, 0) is 6.42 Å². The van der Waals surface area contributed by atoms with Gasteiger partial charge in [0, 0.05) is 36.1 Å². The zero-order chi connectivity index (χ0) is 20.4. The van der Waals surface area contributed by atoms with Crippen LogP contribution in [0, 0.1) is 0 Å². The maximum Gasteiger partial charge on any atom is 0.255 e. The molecule has 3 aromatic carbocycles. The summed E-state index contributed by atoms with van der Waals surface area (Å²) >= 11 is 0. The lowest BCUT2D eigenvalue weighted by Crippen LogP contribution is -2.24. The molecule has 0 saturated heterocycles. The Bertz CT molecular complexity index is 1050. The van der Waals surface area contributed by atoms with Gasteiger partial charge in [-0.2, -0.15) is 0 Å². The highest BCUT2D eigenvalue weighted by Crippen LogP contribution is 2.29. The standard InChI is InChI=1S/C25H24N2O2/c1-17(28)18-5-7-19(8-6-18)20-9-11-22(12-10-20)25(29)26-23-14-13-21-4-3-15-27(2)24(21)16-23/h5-14,16H,3-4,15H2,1-2H3,(H,26,29). The van der Waals surface area contributed by atoms with Crippen molar-refractivity contribution >= 4 is 23.1 Å². The van der Waals surface area contributed by atoms with E-state index in [1.165, 1.54) is 17.7 Å². The molecule has 0 fully saturated rings. The number of ketones is 1. The second kappa shape index (κ2) is 7.92. The maximum absolute atomic E-state index is 12.7. The number of Topliss-reactive ketones (excluding diaryl/α,β-unsaturated/α-hetero) is 1. The van der Waals surface area contributed by atoms with Gasteiger partial charge in [0.15, 0.2) is 5.78 Å². The quantitative estimate of drug-likeness (QED) is 0.630. The molecule has 0 saturated carbocycles. The number of amides is 1. The van der Waals surface area contributed by atoms with Crippen molar-refractivity contribution in [2.45, 2.75) is 19.8 Å². The van der Waals surface area contributed by atoms with Crippen LogP contribution in [0.2, 0.25) is 0 Å². The Balaban J connectivity index is 1.48. The van der Waals surface area contributed by atoms with Crippen LogP contribution >= 0.6 is 0 Å².